The molecule has 0 aliphatic rings. The van der Waals surface area contributed by atoms with Gasteiger partial charge in [0, 0.05) is 6.42 Å². The van der Waals surface area contributed by atoms with E-state index in [1.807, 2.05) is 6.08 Å². The van der Waals surface area contributed by atoms with Crippen LogP contribution in [0.25, 0.3) is 0 Å². The van der Waals surface area contributed by atoms with Gasteiger partial charge in [-0.05, 0) is 70.6 Å². The summed E-state index contributed by atoms with van der Waals surface area (Å²) in [5.74, 6) is -0.0666. The Kier molecular flexibility index (Phi) is 70.2. The van der Waals surface area contributed by atoms with Crippen LogP contribution in [0, 0.1) is 0 Å². The Morgan fingerprint density at radius 3 is 0.864 bits per heavy atom. The molecule has 474 valence electrons. The number of carbonyl (C=O) groups is 1. The van der Waals surface area contributed by atoms with Gasteiger partial charge in [-0.2, -0.15) is 0 Å². The average Bonchev–Trinajstić information content (AvgIpc) is 3.47. The maximum atomic E-state index is 12.5. The van der Waals surface area contributed by atoms with Gasteiger partial charge in [0.05, 0.1) is 18.8 Å². The van der Waals surface area contributed by atoms with Crippen molar-refractivity contribution in [3.8, 4) is 0 Å². The van der Waals surface area contributed by atoms with E-state index in [-0.39, 0.29) is 12.5 Å². The van der Waals surface area contributed by atoms with Gasteiger partial charge >= 0.3 is 0 Å². The highest BCUT2D eigenvalue weighted by Crippen LogP contribution is 2.19. The highest BCUT2D eigenvalue weighted by atomic mass is 16.3. The number of aliphatic hydroxyl groups is 2. The second kappa shape index (κ2) is 72.1. The van der Waals surface area contributed by atoms with Crippen molar-refractivity contribution in [1.29, 1.82) is 0 Å². The molecule has 81 heavy (non-hydrogen) atoms. The van der Waals surface area contributed by atoms with Gasteiger partial charge in [-0.1, -0.05) is 389 Å². The molecule has 0 aliphatic carbocycles. The topological polar surface area (TPSA) is 69.6 Å². The molecule has 0 radical (unpaired) electrons. The number of aliphatic hydroxyl groups excluding tert-OH is 2. The summed E-state index contributed by atoms with van der Waals surface area (Å²) in [6.45, 7) is 4.23. The molecule has 0 aromatic rings. The van der Waals surface area contributed by atoms with Gasteiger partial charge in [-0.15, -0.1) is 0 Å². The van der Waals surface area contributed by atoms with Crippen LogP contribution in [0.4, 0.5) is 0 Å². The molecule has 0 aromatic heterocycles. The van der Waals surface area contributed by atoms with Gasteiger partial charge in [0.2, 0.25) is 5.91 Å². The van der Waals surface area contributed by atoms with Crippen LogP contribution in [0.3, 0.4) is 0 Å². The fraction of sp³-hybridized carbons (Fsp3) is 0.831. The molecule has 0 fully saturated rings. The van der Waals surface area contributed by atoms with Crippen LogP contribution in [0.2, 0.25) is 0 Å². The SMILES string of the molecule is CC/C=C\C/C=C\C/C=C\C/C=C\CCCCCCCCCCCCCCCCCCCCCCCCCCCCC(=O)NC(CO)C(O)/C=C/CC/C=C/CCCCCCCCCCCCCCCCCCCCCCCCCC. The molecule has 2 atom stereocenters. The van der Waals surface area contributed by atoms with Gasteiger partial charge in [-0.25, -0.2) is 0 Å². The fourth-order valence-electron chi connectivity index (χ4n) is 11.4. The van der Waals surface area contributed by atoms with E-state index in [4.69, 9.17) is 0 Å². The minimum absolute atomic E-state index is 0.0666. The number of amides is 1. The predicted molar refractivity (Wildman–Crippen MR) is 364 cm³/mol. The highest BCUT2D eigenvalue weighted by Gasteiger charge is 2.18. The van der Waals surface area contributed by atoms with E-state index in [9.17, 15) is 15.0 Å². The Bertz CT molecular complexity index is 1380. The Hall–Kier alpha value is -2.17. The lowest BCUT2D eigenvalue weighted by molar-refractivity contribution is -0.123. The van der Waals surface area contributed by atoms with Crippen molar-refractivity contribution >= 4 is 5.91 Å². The number of unbranched alkanes of at least 4 members (excludes halogenated alkanes) is 51. The van der Waals surface area contributed by atoms with E-state index in [1.54, 1.807) is 6.08 Å². The molecular weight excluding hydrogens is 987 g/mol. The average molecular weight is 1130 g/mol. The molecule has 4 nitrogen and oxygen atoms in total. The summed E-state index contributed by atoms with van der Waals surface area (Å²) < 4.78 is 0. The predicted octanol–water partition coefficient (Wildman–Crippen LogP) is 25.2. The lowest BCUT2D eigenvalue weighted by Gasteiger charge is -2.19. The summed E-state index contributed by atoms with van der Waals surface area (Å²) in [4.78, 5) is 12.5. The fourth-order valence-corrected chi connectivity index (χ4v) is 11.4. The van der Waals surface area contributed by atoms with Gasteiger partial charge in [0.1, 0.15) is 0 Å². The smallest absolute Gasteiger partial charge is 0.220 e. The Balaban J connectivity index is 3.43. The highest BCUT2D eigenvalue weighted by molar-refractivity contribution is 5.76. The van der Waals surface area contributed by atoms with Gasteiger partial charge < -0.3 is 15.5 Å². The minimum Gasteiger partial charge on any atom is -0.394 e. The number of rotatable bonds is 68. The van der Waals surface area contributed by atoms with Gasteiger partial charge in [0.15, 0.2) is 0 Å². The van der Waals surface area contributed by atoms with Gasteiger partial charge in [0.25, 0.3) is 0 Å². The second-order valence-electron chi connectivity index (χ2n) is 25.0. The van der Waals surface area contributed by atoms with E-state index < -0.39 is 12.1 Å². The third-order valence-electron chi connectivity index (χ3n) is 16.9. The molecule has 0 spiro atoms. The lowest BCUT2D eigenvalue weighted by Crippen LogP contribution is -2.45. The third kappa shape index (κ3) is 68.5. The zero-order valence-electron chi connectivity index (χ0n) is 54.8. The van der Waals surface area contributed by atoms with Crippen molar-refractivity contribution in [1.82, 2.24) is 5.32 Å². The van der Waals surface area contributed by atoms with E-state index >= 15 is 0 Å². The van der Waals surface area contributed by atoms with Crippen LogP contribution in [0.15, 0.2) is 72.9 Å². The number of carbonyl (C=O) groups excluding carboxylic acids is 1. The summed E-state index contributed by atoms with van der Waals surface area (Å²) in [7, 11) is 0. The van der Waals surface area contributed by atoms with Crippen LogP contribution in [0.1, 0.15) is 393 Å². The zero-order chi connectivity index (χ0) is 58.4. The molecule has 4 heteroatoms. The summed E-state index contributed by atoms with van der Waals surface area (Å²) >= 11 is 0. The van der Waals surface area contributed by atoms with E-state index in [1.165, 1.54) is 315 Å². The molecular formula is C77H143NO3. The molecule has 0 aromatic carbocycles. The van der Waals surface area contributed by atoms with Crippen LogP contribution in [-0.4, -0.2) is 34.9 Å². The number of hydrogen-bond donors (Lipinski definition) is 3. The minimum atomic E-state index is -0.865. The van der Waals surface area contributed by atoms with Crippen molar-refractivity contribution in [3.05, 3.63) is 72.9 Å². The van der Waals surface area contributed by atoms with Crippen LogP contribution >= 0.6 is 0 Å². The summed E-state index contributed by atoms with van der Waals surface area (Å²) in [6, 6.07) is -0.641. The number of hydrogen-bond acceptors (Lipinski definition) is 3. The Morgan fingerprint density at radius 2 is 0.556 bits per heavy atom. The van der Waals surface area contributed by atoms with E-state index in [0.717, 1.165) is 57.8 Å². The standard InChI is InChI=1S/C77H143NO3/c1-3-5-7-9-11-13-15-17-19-21-23-25-27-29-31-33-35-36-37-38-39-40-41-42-43-45-47-49-51-53-55-57-59-61-63-65-67-69-71-73-77(81)78-75(74-79)76(80)72-70-68-66-64-62-60-58-56-54-52-50-48-46-44-34-32-30-28-26-24-22-20-18-16-14-12-10-8-6-4-2/h5,7,11,13,17,19,23,25,62,64,70,72,75-76,79-80H,3-4,6,8-10,12,14-16,18,20-22,24,26-61,63,65-69,71,73-74H2,1-2H3,(H,78,81)/b7-5-,13-11-,19-17-,25-23-,64-62+,72-70+. The van der Waals surface area contributed by atoms with Crippen molar-refractivity contribution in [2.45, 2.75) is 405 Å². The summed E-state index contributed by atoms with van der Waals surface area (Å²) in [6.07, 6.45) is 104. The first-order chi connectivity index (χ1) is 40.2. The maximum absolute atomic E-state index is 12.5. The molecule has 0 heterocycles. The zero-order valence-corrected chi connectivity index (χ0v) is 54.8. The second-order valence-corrected chi connectivity index (χ2v) is 25.0. The van der Waals surface area contributed by atoms with Crippen molar-refractivity contribution in [3.63, 3.8) is 0 Å². The first-order valence-corrected chi connectivity index (χ1v) is 36.7. The van der Waals surface area contributed by atoms with Crippen molar-refractivity contribution < 1.29 is 15.0 Å². The molecule has 0 aliphatic heterocycles. The van der Waals surface area contributed by atoms with E-state index in [2.05, 4.69) is 79.9 Å². The summed E-state index contributed by atoms with van der Waals surface area (Å²) in [5, 5.41) is 23.3. The molecule has 0 saturated carbocycles. The molecule has 0 rings (SSSR count). The van der Waals surface area contributed by atoms with Crippen molar-refractivity contribution in [2.75, 3.05) is 6.61 Å². The molecule has 2 unspecified atom stereocenters. The third-order valence-corrected chi connectivity index (χ3v) is 16.9. The normalized spacial score (nSPS) is 13.1. The van der Waals surface area contributed by atoms with Crippen LogP contribution in [-0.2, 0) is 4.79 Å². The lowest BCUT2D eigenvalue weighted by atomic mass is 10.0. The van der Waals surface area contributed by atoms with Crippen LogP contribution in [0.5, 0.6) is 0 Å². The summed E-state index contributed by atoms with van der Waals surface area (Å²) in [5.41, 5.74) is 0. The Morgan fingerprint density at radius 1 is 0.309 bits per heavy atom. The molecule has 0 saturated heterocycles. The number of allylic oxidation sites excluding steroid dienone is 11. The van der Waals surface area contributed by atoms with Gasteiger partial charge in [-0.3, -0.25) is 4.79 Å². The first-order valence-electron chi connectivity index (χ1n) is 36.7. The number of nitrogens with one attached hydrogen (secondary N) is 1. The molecule has 1 amide bonds. The monoisotopic (exact) mass is 1130 g/mol. The van der Waals surface area contributed by atoms with Crippen molar-refractivity contribution in [2.24, 2.45) is 0 Å². The molecule has 0 bridgehead atoms. The Labute approximate surface area is 508 Å². The van der Waals surface area contributed by atoms with Crippen LogP contribution < -0.4 is 5.32 Å². The van der Waals surface area contributed by atoms with E-state index in [0.29, 0.717) is 6.42 Å². The largest absolute Gasteiger partial charge is 0.394 e. The molecule has 3 N–H and O–H groups in total. The quantitative estimate of drug-likeness (QED) is 0.0420. The maximum Gasteiger partial charge on any atom is 0.220 e. The first kappa shape index (κ1) is 78.8.